The van der Waals surface area contributed by atoms with E-state index in [1.165, 1.54) is 32.5 Å². The number of amides is 1. The Hall–Kier alpha value is -2.77. The number of carbonyl (C=O) groups excluding carboxylic acids is 1. The number of ether oxygens (including phenoxy) is 4. The summed E-state index contributed by atoms with van der Waals surface area (Å²) >= 11 is 0. The zero-order chi connectivity index (χ0) is 21.5. The Labute approximate surface area is 177 Å². The van der Waals surface area contributed by atoms with Crippen molar-refractivity contribution in [2.75, 3.05) is 54.2 Å². The second-order valence-electron chi connectivity index (χ2n) is 7.20. The van der Waals surface area contributed by atoms with Gasteiger partial charge in [0.25, 0.3) is 5.91 Å². The first kappa shape index (κ1) is 21.9. The summed E-state index contributed by atoms with van der Waals surface area (Å²) in [5.41, 5.74) is 2.84. The topological polar surface area (TPSA) is 69.3 Å². The van der Waals surface area contributed by atoms with E-state index in [4.69, 9.17) is 18.9 Å². The lowest BCUT2D eigenvalue weighted by molar-refractivity contribution is 0.0162. The van der Waals surface area contributed by atoms with E-state index in [9.17, 15) is 4.79 Å². The lowest BCUT2D eigenvalue weighted by Crippen LogP contribution is -2.43. The van der Waals surface area contributed by atoms with Gasteiger partial charge < -0.3 is 24.3 Å². The van der Waals surface area contributed by atoms with Crippen LogP contribution in [-0.4, -0.2) is 65.0 Å². The third kappa shape index (κ3) is 5.04. The normalized spacial score (nSPS) is 15.3. The molecule has 1 fully saturated rings. The third-order valence-corrected chi connectivity index (χ3v) is 5.33. The number of rotatable bonds is 8. The Morgan fingerprint density at radius 2 is 1.63 bits per heavy atom. The Morgan fingerprint density at radius 3 is 2.17 bits per heavy atom. The van der Waals surface area contributed by atoms with Crippen LogP contribution in [0.1, 0.15) is 27.5 Å². The predicted molar refractivity (Wildman–Crippen MR) is 115 cm³/mol. The molecule has 1 aliphatic rings. The van der Waals surface area contributed by atoms with Crippen molar-refractivity contribution in [1.82, 2.24) is 10.2 Å². The second-order valence-corrected chi connectivity index (χ2v) is 7.20. The maximum atomic E-state index is 12.9. The van der Waals surface area contributed by atoms with Crippen LogP contribution in [0.15, 0.2) is 36.4 Å². The van der Waals surface area contributed by atoms with E-state index >= 15 is 0 Å². The number of morpholine rings is 1. The van der Waals surface area contributed by atoms with Gasteiger partial charge in [0, 0.05) is 25.2 Å². The number of nitrogens with zero attached hydrogens (tertiary/aromatic N) is 1. The monoisotopic (exact) mass is 414 g/mol. The summed E-state index contributed by atoms with van der Waals surface area (Å²) < 4.78 is 21.6. The Morgan fingerprint density at radius 1 is 1.03 bits per heavy atom. The molecule has 1 aliphatic heterocycles. The number of carbonyl (C=O) groups is 1. The van der Waals surface area contributed by atoms with Crippen molar-refractivity contribution in [3.05, 3.63) is 53.1 Å². The van der Waals surface area contributed by atoms with Gasteiger partial charge in [-0.05, 0) is 24.6 Å². The maximum absolute atomic E-state index is 12.9. The molecule has 1 heterocycles. The summed E-state index contributed by atoms with van der Waals surface area (Å²) in [6, 6.07) is 11.8. The molecule has 1 saturated heterocycles. The van der Waals surface area contributed by atoms with Crippen molar-refractivity contribution in [3.8, 4) is 17.2 Å². The van der Waals surface area contributed by atoms with Gasteiger partial charge in [-0.2, -0.15) is 0 Å². The molecule has 0 aromatic heterocycles. The molecule has 7 nitrogen and oxygen atoms in total. The highest BCUT2D eigenvalue weighted by molar-refractivity contribution is 5.95. The minimum Gasteiger partial charge on any atom is -0.493 e. The lowest BCUT2D eigenvalue weighted by Gasteiger charge is -2.35. The van der Waals surface area contributed by atoms with Gasteiger partial charge in [0.05, 0.1) is 40.6 Å². The van der Waals surface area contributed by atoms with Crippen LogP contribution >= 0.6 is 0 Å². The number of aryl methyl sites for hydroxylation is 1. The molecule has 2 aromatic rings. The van der Waals surface area contributed by atoms with Crippen molar-refractivity contribution < 1.29 is 23.7 Å². The molecule has 0 saturated carbocycles. The molecular weight excluding hydrogens is 384 g/mol. The largest absolute Gasteiger partial charge is 0.493 e. The van der Waals surface area contributed by atoms with E-state index < -0.39 is 0 Å². The minimum atomic E-state index is -0.195. The second kappa shape index (κ2) is 10.3. The Balaban J connectivity index is 1.79. The fourth-order valence-electron chi connectivity index (χ4n) is 3.64. The van der Waals surface area contributed by atoms with Gasteiger partial charge in [0.15, 0.2) is 11.5 Å². The minimum absolute atomic E-state index is 0.0699. The smallest absolute Gasteiger partial charge is 0.251 e. The summed E-state index contributed by atoms with van der Waals surface area (Å²) in [4.78, 5) is 15.3. The van der Waals surface area contributed by atoms with Crippen molar-refractivity contribution in [1.29, 1.82) is 0 Å². The molecule has 0 spiro atoms. The van der Waals surface area contributed by atoms with E-state index in [1.807, 2.05) is 0 Å². The van der Waals surface area contributed by atoms with Gasteiger partial charge in [-0.1, -0.05) is 29.8 Å². The average molecular weight is 415 g/mol. The molecule has 7 heteroatoms. The van der Waals surface area contributed by atoms with Crippen LogP contribution in [0.3, 0.4) is 0 Å². The molecule has 1 atom stereocenters. The molecular formula is C23H30N2O5. The number of hydrogen-bond donors (Lipinski definition) is 1. The Kier molecular flexibility index (Phi) is 7.54. The summed E-state index contributed by atoms with van der Waals surface area (Å²) in [6.45, 7) is 5.61. The van der Waals surface area contributed by atoms with E-state index in [1.54, 1.807) is 12.1 Å². The summed E-state index contributed by atoms with van der Waals surface area (Å²) in [5, 5.41) is 3.08. The molecule has 1 unspecified atom stereocenters. The molecule has 30 heavy (non-hydrogen) atoms. The first-order valence-corrected chi connectivity index (χ1v) is 10.0. The zero-order valence-electron chi connectivity index (χ0n) is 18.1. The van der Waals surface area contributed by atoms with Crippen LogP contribution in [0.5, 0.6) is 17.2 Å². The lowest BCUT2D eigenvalue weighted by atomic mass is 10.0. The van der Waals surface area contributed by atoms with Crippen LogP contribution in [0, 0.1) is 6.92 Å². The third-order valence-electron chi connectivity index (χ3n) is 5.33. The molecule has 1 amide bonds. The zero-order valence-corrected chi connectivity index (χ0v) is 18.1. The number of benzene rings is 2. The van der Waals surface area contributed by atoms with Gasteiger partial charge in [0.1, 0.15) is 0 Å². The number of methoxy groups -OCH3 is 3. The highest BCUT2D eigenvalue weighted by atomic mass is 16.5. The van der Waals surface area contributed by atoms with Crippen LogP contribution in [0.2, 0.25) is 0 Å². The van der Waals surface area contributed by atoms with Crippen molar-refractivity contribution >= 4 is 5.91 Å². The average Bonchev–Trinajstić information content (AvgIpc) is 2.79. The molecule has 3 rings (SSSR count). The highest BCUT2D eigenvalue weighted by Crippen LogP contribution is 2.38. The van der Waals surface area contributed by atoms with Gasteiger partial charge in [-0.15, -0.1) is 0 Å². The van der Waals surface area contributed by atoms with E-state index in [0.717, 1.165) is 13.1 Å². The van der Waals surface area contributed by atoms with E-state index in [0.29, 0.717) is 42.6 Å². The van der Waals surface area contributed by atoms with Gasteiger partial charge in [-0.3, -0.25) is 9.69 Å². The van der Waals surface area contributed by atoms with Gasteiger partial charge in [-0.25, -0.2) is 0 Å². The number of nitrogens with one attached hydrogen (secondary N) is 1. The maximum Gasteiger partial charge on any atom is 0.251 e. The van der Waals surface area contributed by atoms with Crippen LogP contribution in [-0.2, 0) is 4.74 Å². The first-order chi connectivity index (χ1) is 14.6. The quantitative estimate of drug-likeness (QED) is 0.716. The van der Waals surface area contributed by atoms with Crippen molar-refractivity contribution in [2.45, 2.75) is 13.0 Å². The van der Waals surface area contributed by atoms with Crippen molar-refractivity contribution in [2.24, 2.45) is 0 Å². The molecule has 0 aliphatic carbocycles. The van der Waals surface area contributed by atoms with Crippen LogP contribution < -0.4 is 19.5 Å². The first-order valence-electron chi connectivity index (χ1n) is 10.0. The molecule has 0 radical (unpaired) electrons. The van der Waals surface area contributed by atoms with Crippen LogP contribution in [0.4, 0.5) is 0 Å². The molecule has 2 aromatic carbocycles. The molecule has 0 bridgehead atoms. The van der Waals surface area contributed by atoms with Gasteiger partial charge in [0.2, 0.25) is 5.75 Å². The van der Waals surface area contributed by atoms with E-state index in [2.05, 4.69) is 41.4 Å². The predicted octanol–water partition coefficient (Wildman–Crippen LogP) is 2.82. The fourth-order valence-corrected chi connectivity index (χ4v) is 3.64. The Bertz CT molecular complexity index is 822. The highest BCUT2D eigenvalue weighted by Gasteiger charge is 2.24. The number of hydrogen-bond acceptors (Lipinski definition) is 6. The van der Waals surface area contributed by atoms with E-state index in [-0.39, 0.29) is 11.9 Å². The van der Waals surface area contributed by atoms with Gasteiger partial charge >= 0.3 is 0 Å². The standard InChI is InChI=1S/C23H30N2O5/c1-16-5-7-17(8-6-16)19(25-9-11-30-12-10-25)15-24-23(26)18-13-20(27-2)22(29-4)21(14-18)28-3/h5-8,13-14,19H,9-12,15H2,1-4H3,(H,24,26). The van der Waals surface area contributed by atoms with Crippen molar-refractivity contribution in [3.63, 3.8) is 0 Å². The van der Waals surface area contributed by atoms with Crippen LogP contribution in [0.25, 0.3) is 0 Å². The summed E-state index contributed by atoms with van der Waals surface area (Å²) in [5.74, 6) is 1.16. The molecule has 162 valence electrons. The SMILES string of the molecule is COc1cc(C(=O)NCC(c2ccc(C)cc2)N2CCOCC2)cc(OC)c1OC. The molecule has 1 N–H and O–H groups in total. The summed E-state index contributed by atoms with van der Waals surface area (Å²) in [6.07, 6.45) is 0. The summed E-state index contributed by atoms with van der Waals surface area (Å²) in [7, 11) is 4.60. The fraction of sp³-hybridized carbons (Fsp3) is 0.435.